The highest BCUT2D eigenvalue weighted by Gasteiger charge is 2.16. The summed E-state index contributed by atoms with van der Waals surface area (Å²) in [5.41, 5.74) is -0.0273. The zero-order valence-corrected chi connectivity index (χ0v) is 9.78. The molecule has 0 radical (unpaired) electrons. The first-order chi connectivity index (χ1) is 8.09. The van der Waals surface area contributed by atoms with Crippen molar-refractivity contribution >= 4 is 17.4 Å². The van der Waals surface area contributed by atoms with E-state index in [-0.39, 0.29) is 22.8 Å². The number of halogens is 2. The summed E-state index contributed by atoms with van der Waals surface area (Å²) in [5.74, 6) is -0.586. The van der Waals surface area contributed by atoms with Gasteiger partial charge in [0.1, 0.15) is 12.2 Å². The van der Waals surface area contributed by atoms with Gasteiger partial charge in [-0.3, -0.25) is 9.48 Å². The summed E-state index contributed by atoms with van der Waals surface area (Å²) in [4.78, 5) is 15.8. The molecule has 0 spiro atoms. The molecule has 88 valence electrons. The maximum atomic E-state index is 13.6. The molecule has 1 heterocycles. The van der Waals surface area contributed by atoms with E-state index in [4.69, 9.17) is 11.6 Å². The molecule has 0 amide bonds. The molecule has 0 fully saturated rings. The van der Waals surface area contributed by atoms with Crippen LogP contribution in [0.3, 0.4) is 0 Å². The molecule has 6 heteroatoms. The number of benzene rings is 1. The molecule has 0 atom stereocenters. The smallest absolute Gasteiger partial charge is 0.173 e. The van der Waals surface area contributed by atoms with Gasteiger partial charge in [-0.15, -0.1) is 0 Å². The van der Waals surface area contributed by atoms with Crippen molar-refractivity contribution in [3.8, 4) is 0 Å². The van der Waals surface area contributed by atoms with Crippen LogP contribution in [0.15, 0.2) is 24.5 Å². The minimum Gasteiger partial charge on any atom is -0.294 e. The van der Waals surface area contributed by atoms with E-state index in [1.807, 2.05) is 0 Å². The van der Waals surface area contributed by atoms with Crippen molar-refractivity contribution in [2.24, 2.45) is 7.05 Å². The van der Waals surface area contributed by atoms with Gasteiger partial charge in [0.2, 0.25) is 0 Å². The topological polar surface area (TPSA) is 47.8 Å². The molecule has 4 nitrogen and oxygen atoms in total. The fourth-order valence-corrected chi connectivity index (χ4v) is 1.61. The monoisotopic (exact) mass is 253 g/mol. The van der Waals surface area contributed by atoms with Crippen LogP contribution in [0.1, 0.15) is 16.2 Å². The van der Waals surface area contributed by atoms with Crippen LogP contribution in [0.4, 0.5) is 4.39 Å². The summed E-state index contributed by atoms with van der Waals surface area (Å²) >= 11 is 5.61. The minimum atomic E-state index is -0.693. The lowest BCUT2D eigenvalue weighted by atomic mass is 10.1. The van der Waals surface area contributed by atoms with E-state index in [1.165, 1.54) is 29.2 Å². The van der Waals surface area contributed by atoms with Crippen LogP contribution in [0, 0.1) is 5.82 Å². The Hall–Kier alpha value is -1.75. The number of rotatable bonds is 3. The van der Waals surface area contributed by atoms with Crippen molar-refractivity contribution in [3.63, 3.8) is 0 Å². The highest BCUT2D eigenvalue weighted by atomic mass is 35.5. The molecular formula is C11H9ClFN3O. The number of aryl methyl sites for hydroxylation is 1. The summed E-state index contributed by atoms with van der Waals surface area (Å²) in [5, 5.41) is 3.78. The first kappa shape index (κ1) is 11.7. The zero-order valence-electron chi connectivity index (χ0n) is 9.02. The SMILES string of the molecule is Cn1ncnc1CC(=O)c1cccc(Cl)c1F. The Bertz CT molecular complexity index is 568. The van der Waals surface area contributed by atoms with Gasteiger partial charge in [0.25, 0.3) is 0 Å². The van der Waals surface area contributed by atoms with Crippen molar-refractivity contribution in [2.75, 3.05) is 0 Å². The molecule has 0 aliphatic heterocycles. The van der Waals surface area contributed by atoms with Gasteiger partial charge in [-0.05, 0) is 12.1 Å². The Morgan fingerprint density at radius 2 is 2.29 bits per heavy atom. The molecule has 0 unspecified atom stereocenters. The second-order valence-electron chi connectivity index (χ2n) is 3.50. The quantitative estimate of drug-likeness (QED) is 0.787. The molecular weight excluding hydrogens is 245 g/mol. The average Bonchev–Trinajstić information content (AvgIpc) is 2.68. The van der Waals surface area contributed by atoms with E-state index in [0.717, 1.165) is 0 Å². The number of nitrogens with zero attached hydrogens (tertiary/aromatic N) is 3. The molecule has 0 bridgehead atoms. The van der Waals surface area contributed by atoms with Crippen LogP contribution < -0.4 is 0 Å². The number of ketones is 1. The van der Waals surface area contributed by atoms with E-state index in [9.17, 15) is 9.18 Å². The Balaban J connectivity index is 2.27. The Kier molecular flexibility index (Phi) is 3.19. The second kappa shape index (κ2) is 4.63. The highest BCUT2D eigenvalue weighted by Crippen LogP contribution is 2.19. The highest BCUT2D eigenvalue weighted by molar-refractivity contribution is 6.31. The minimum absolute atomic E-state index is 0.00619. The summed E-state index contributed by atoms with van der Waals surface area (Å²) in [7, 11) is 1.67. The van der Waals surface area contributed by atoms with Gasteiger partial charge < -0.3 is 0 Å². The van der Waals surface area contributed by atoms with Crippen molar-refractivity contribution in [1.82, 2.24) is 14.8 Å². The van der Waals surface area contributed by atoms with Crippen LogP contribution >= 0.6 is 11.6 Å². The first-order valence-corrected chi connectivity index (χ1v) is 5.27. The third-order valence-electron chi connectivity index (χ3n) is 2.38. The largest absolute Gasteiger partial charge is 0.294 e. The van der Waals surface area contributed by atoms with Gasteiger partial charge in [0, 0.05) is 7.05 Å². The normalized spacial score (nSPS) is 10.5. The van der Waals surface area contributed by atoms with Crippen LogP contribution in [-0.2, 0) is 13.5 Å². The van der Waals surface area contributed by atoms with Gasteiger partial charge in [-0.25, -0.2) is 9.37 Å². The summed E-state index contributed by atoms with van der Waals surface area (Å²) in [6.07, 6.45) is 1.34. The first-order valence-electron chi connectivity index (χ1n) is 4.89. The Morgan fingerprint density at radius 3 is 2.94 bits per heavy atom. The Labute approximate surface area is 102 Å². The maximum Gasteiger partial charge on any atom is 0.173 e. The predicted octanol–water partition coefficient (Wildman–Crippen LogP) is 2.03. The number of hydrogen-bond acceptors (Lipinski definition) is 3. The lowest BCUT2D eigenvalue weighted by Crippen LogP contribution is -2.10. The molecule has 0 N–H and O–H groups in total. The fraction of sp³-hybridized carbons (Fsp3) is 0.182. The third kappa shape index (κ3) is 2.34. The van der Waals surface area contributed by atoms with Crippen LogP contribution in [0.5, 0.6) is 0 Å². The molecule has 2 aromatic rings. The van der Waals surface area contributed by atoms with Gasteiger partial charge in [0.05, 0.1) is 17.0 Å². The van der Waals surface area contributed by atoms with Gasteiger partial charge in [-0.2, -0.15) is 5.10 Å². The molecule has 0 saturated heterocycles. The second-order valence-corrected chi connectivity index (χ2v) is 3.91. The Morgan fingerprint density at radius 1 is 1.53 bits per heavy atom. The van der Waals surface area contributed by atoms with Crippen LogP contribution in [0.25, 0.3) is 0 Å². The molecule has 2 rings (SSSR count). The number of hydrogen-bond donors (Lipinski definition) is 0. The van der Waals surface area contributed by atoms with E-state index < -0.39 is 5.82 Å². The van der Waals surface area contributed by atoms with Crippen LogP contribution in [-0.4, -0.2) is 20.5 Å². The fourth-order valence-electron chi connectivity index (χ4n) is 1.44. The lowest BCUT2D eigenvalue weighted by Gasteiger charge is -2.03. The molecule has 0 aliphatic carbocycles. The molecule has 0 saturated carbocycles. The summed E-state index contributed by atoms with van der Waals surface area (Å²) in [6, 6.07) is 4.34. The van der Waals surface area contributed by atoms with Crippen LogP contribution in [0.2, 0.25) is 5.02 Å². The zero-order chi connectivity index (χ0) is 12.4. The number of Topliss-reactive ketones (excluding diaryl/α,β-unsaturated/α-hetero) is 1. The summed E-state index contributed by atoms with van der Waals surface area (Å²) < 4.78 is 15.1. The van der Waals surface area contributed by atoms with E-state index >= 15 is 0 Å². The number of carbonyl (C=O) groups is 1. The predicted molar refractivity (Wildman–Crippen MR) is 60.4 cm³/mol. The van der Waals surface area contributed by atoms with Gasteiger partial charge >= 0.3 is 0 Å². The molecule has 1 aromatic heterocycles. The van der Waals surface area contributed by atoms with Gasteiger partial charge in [0.15, 0.2) is 11.6 Å². The average molecular weight is 254 g/mol. The molecule has 1 aromatic carbocycles. The number of carbonyl (C=O) groups excluding carboxylic acids is 1. The molecule has 17 heavy (non-hydrogen) atoms. The maximum absolute atomic E-state index is 13.6. The lowest BCUT2D eigenvalue weighted by molar-refractivity contribution is 0.0986. The van der Waals surface area contributed by atoms with Crippen molar-refractivity contribution < 1.29 is 9.18 Å². The van der Waals surface area contributed by atoms with Crippen molar-refractivity contribution in [2.45, 2.75) is 6.42 Å². The van der Waals surface area contributed by atoms with Crippen molar-refractivity contribution in [3.05, 3.63) is 46.8 Å². The van der Waals surface area contributed by atoms with Gasteiger partial charge in [-0.1, -0.05) is 17.7 Å². The van der Waals surface area contributed by atoms with E-state index in [1.54, 1.807) is 7.05 Å². The third-order valence-corrected chi connectivity index (χ3v) is 2.67. The molecule has 0 aliphatic rings. The summed E-state index contributed by atoms with van der Waals surface area (Å²) in [6.45, 7) is 0. The standard InChI is InChI=1S/C11H9ClFN3O/c1-16-10(14-6-15-16)5-9(17)7-3-2-4-8(12)11(7)13/h2-4,6H,5H2,1H3. The van der Waals surface area contributed by atoms with E-state index in [2.05, 4.69) is 10.1 Å². The van der Waals surface area contributed by atoms with Crippen molar-refractivity contribution in [1.29, 1.82) is 0 Å². The van der Waals surface area contributed by atoms with E-state index in [0.29, 0.717) is 5.82 Å². The number of aromatic nitrogens is 3.